The van der Waals surface area contributed by atoms with Gasteiger partial charge in [0.1, 0.15) is 5.76 Å². The molecule has 0 saturated carbocycles. The molecular weight excluding hydrogens is 335 g/mol. The van der Waals surface area contributed by atoms with Crippen LogP contribution in [-0.4, -0.2) is 11.8 Å². The summed E-state index contributed by atoms with van der Waals surface area (Å²) in [5, 5.41) is 1.12. The molecule has 1 aliphatic rings. The van der Waals surface area contributed by atoms with Gasteiger partial charge in [0.05, 0.1) is 11.1 Å². The summed E-state index contributed by atoms with van der Waals surface area (Å²) in [6.07, 6.45) is 0.747. The number of carbonyl (C=O) groups is 2. The molecule has 0 aromatic heterocycles. The number of rotatable bonds is 3. The molecule has 0 aliphatic heterocycles. The van der Waals surface area contributed by atoms with Crippen LogP contribution in [0.5, 0.6) is 0 Å². The van der Waals surface area contributed by atoms with E-state index in [2.05, 4.69) is 0 Å². The van der Waals surface area contributed by atoms with Crippen molar-refractivity contribution in [2.45, 2.75) is 12.8 Å². The van der Waals surface area contributed by atoms with E-state index < -0.39 is 5.97 Å². The number of hydrogen-bond donors (Lipinski definition) is 0. The zero-order valence-corrected chi connectivity index (χ0v) is 13.5. The van der Waals surface area contributed by atoms with Crippen molar-refractivity contribution < 1.29 is 14.3 Å². The molecule has 0 saturated heterocycles. The maximum atomic E-state index is 12.2. The largest absolute Gasteiger partial charge is 0.427 e. The Morgan fingerprint density at radius 2 is 1.43 bits per heavy atom. The van der Waals surface area contributed by atoms with Crippen molar-refractivity contribution >= 4 is 40.5 Å². The molecule has 116 valence electrons. The molecule has 0 atom stereocenters. The Morgan fingerprint density at radius 3 is 2.04 bits per heavy atom. The maximum absolute atomic E-state index is 12.2. The minimum absolute atomic E-state index is 0.0359. The van der Waals surface area contributed by atoms with Crippen LogP contribution in [0.15, 0.2) is 54.3 Å². The first-order chi connectivity index (χ1) is 11.0. The van der Waals surface area contributed by atoms with Gasteiger partial charge in [-0.15, -0.1) is 0 Å². The molecule has 0 spiro atoms. The van der Waals surface area contributed by atoms with Crippen molar-refractivity contribution in [1.29, 1.82) is 0 Å². The Balaban J connectivity index is 1.89. The maximum Gasteiger partial charge on any atom is 0.343 e. The number of allylic oxidation sites excluding steroid dienone is 2. The van der Waals surface area contributed by atoms with Crippen LogP contribution in [0.4, 0.5) is 0 Å². The zero-order chi connectivity index (χ0) is 16.4. The predicted molar refractivity (Wildman–Crippen MR) is 89.5 cm³/mol. The van der Waals surface area contributed by atoms with Crippen molar-refractivity contribution in [3.8, 4) is 0 Å². The highest BCUT2D eigenvalue weighted by Crippen LogP contribution is 2.33. The molecule has 23 heavy (non-hydrogen) atoms. The van der Waals surface area contributed by atoms with Gasteiger partial charge in [-0.25, -0.2) is 4.79 Å². The summed E-state index contributed by atoms with van der Waals surface area (Å²) in [5.41, 5.74) is 1.54. The molecule has 2 aromatic rings. The number of carbonyl (C=O) groups excluding carboxylic acids is 2. The Hall–Kier alpha value is -2.10. The number of benzene rings is 2. The highest BCUT2D eigenvalue weighted by Gasteiger charge is 2.27. The minimum atomic E-state index is -0.502. The fraction of sp³-hybridized carbons (Fsp3) is 0.111. The SMILES string of the molecule is O=C1CCC(OC(=O)c2ccc(Cl)cc2)=C1c1ccc(Cl)cc1. The fourth-order valence-electron chi connectivity index (χ4n) is 2.43. The number of hydrogen-bond acceptors (Lipinski definition) is 3. The van der Waals surface area contributed by atoms with Crippen molar-refractivity contribution in [3.05, 3.63) is 75.5 Å². The van der Waals surface area contributed by atoms with Crippen LogP contribution in [0.25, 0.3) is 5.57 Å². The van der Waals surface area contributed by atoms with E-state index in [0.29, 0.717) is 45.3 Å². The fourth-order valence-corrected chi connectivity index (χ4v) is 2.68. The summed E-state index contributed by atoms with van der Waals surface area (Å²) >= 11 is 11.7. The van der Waals surface area contributed by atoms with Gasteiger partial charge in [0.25, 0.3) is 0 Å². The molecule has 0 heterocycles. The third-order valence-corrected chi connectivity index (χ3v) is 4.07. The van der Waals surface area contributed by atoms with Gasteiger partial charge in [-0.3, -0.25) is 4.79 Å². The molecule has 0 fully saturated rings. The third-order valence-electron chi connectivity index (χ3n) is 3.57. The van der Waals surface area contributed by atoms with E-state index in [4.69, 9.17) is 27.9 Å². The smallest absolute Gasteiger partial charge is 0.343 e. The average Bonchev–Trinajstić information content (AvgIpc) is 2.89. The molecule has 0 N–H and O–H groups in total. The Kier molecular flexibility index (Phi) is 4.51. The first kappa shape index (κ1) is 15.8. The molecule has 3 nitrogen and oxygen atoms in total. The lowest BCUT2D eigenvalue weighted by atomic mass is 10.0. The molecule has 0 bridgehead atoms. The molecule has 0 amide bonds. The first-order valence-corrected chi connectivity index (χ1v) is 7.80. The number of esters is 1. The topological polar surface area (TPSA) is 43.4 Å². The van der Waals surface area contributed by atoms with E-state index in [0.717, 1.165) is 0 Å². The third kappa shape index (κ3) is 3.46. The first-order valence-electron chi connectivity index (χ1n) is 7.04. The van der Waals surface area contributed by atoms with E-state index in [1.807, 2.05) is 0 Å². The molecule has 0 radical (unpaired) electrons. The van der Waals surface area contributed by atoms with Gasteiger partial charge < -0.3 is 4.74 Å². The lowest BCUT2D eigenvalue weighted by molar-refractivity contribution is -0.113. The second-order valence-corrected chi connectivity index (χ2v) is 6.00. The normalized spacial score (nSPS) is 14.3. The molecule has 1 aliphatic carbocycles. The van der Waals surface area contributed by atoms with Gasteiger partial charge in [-0.2, -0.15) is 0 Å². The Labute approximate surface area is 143 Å². The van der Waals surface area contributed by atoms with E-state index in [-0.39, 0.29) is 5.78 Å². The van der Waals surface area contributed by atoms with Crippen LogP contribution >= 0.6 is 23.2 Å². The van der Waals surface area contributed by atoms with Crippen molar-refractivity contribution in [2.75, 3.05) is 0 Å². The van der Waals surface area contributed by atoms with Gasteiger partial charge in [-0.05, 0) is 42.0 Å². The average molecular weight is 347 g/mol. The number of ether oxygens (including phenoxy) is 1. The summed E-state index contributed by atoms with van der Waals surface area (Å²) in [4.78, 5) is 24.4. The van der Waals surface area contributed by atoms with Gasteiger partial charge in [0.15, 0.2) is 5.78 Å². The summed E-state index contributed by atoms with van der Waals surface area (Å²) in [7, 11) is 0. The van der Waals surface area contributed by atoms with E-state index >= 15 is 0 Å². The van der Waals surface area contributed by atoms with E-state index in [1.54, 1.807) is 48.5 Å². The number of halogens is 2. The number of ketones is 1. The van der Waals surface area contributed by atoms with Crippen molar-refractivity contribution in [2.24, 2.45) is 0 Å². The zero-order valence-electron chi connectivity index (χ0n) is 12.0. The summed E-state index contributed by atoms with van der Waals surface area (Å²) < 4.78 is 5.45. The lowest BCUT2D eigenvalue weighted by Crippen LogP contribution is -2.05. The van der Waals surface area contributed by atoms with Crippen LogP contribution in [-0.2, 0) is 9.53 Å². The Morgan fingerprint density at radius 1 is 0.870 bits per heavy atom. The summed E-state index contributed by atoms with van der Waals surface area (Å²) in [5.74, 6) is -0.138. The van der Waals surface area contributed by atoms with E-state index in [9.17, 15) is 9.59 Å². The van der Waals surface area contributed by atoms with Gasteiger partial charge >= 0.3 is 5.97 Å². The van der Waals surface area contributed by atoms with Crippen molar-refractivity contribution in [3.63, 3.8) is 0 Å². The predicted octanol–water partition coefficient (Wildman–Crippen LogP) is 4.92. The standard InChI is InChI=1S/C18H12Cl2O3/c19-13-5-1-11(2-6-13)17-15(21)9-10-16(17)23-18(22)12-3-7-14(20)8-4-12/h1-8H,9-10H2. The van der Waals surface area contributed by atoms with Gasteiger partial charge in [-0.1, -0.05) is 35.3 Å². The second-order valence-electron chi connectivity index (χ2n) is 5.12. The molecule has 5 heteroatoms. The van der Waals surface area contributed by atoms with Crippen molar-refractivity contribution in [1.82, 2.24) is 0 Å². The summed E-state index contributed by atoms with van der Waals surface area (Å²) in [6.45, 7) is 0. The highest BCUT2D eigenvalue weighted by molar-refractivity contribution is 6.31. The van der Waals surface area contributed by atoms with Gasteiger partial charge in [0, 0.05) is 22.9 Å². The molecule has 3 rings (SSSR count). The Bertz CT molecular complexity index is 790. The monoisotopic (exact) mass is 346 g/mol. The van der Waals surface area contributed by atoms with Crippen LogP contribution in [0, 0.1) is 0 Å². The molecule has 0 unspecified atom stereocenters. The quantitative estimate of drug-likeness (QED) is 0.740. The number of Topliss-reactive ketones (excluding diaryl/α,β-unsaturated/α-hetero) is 1. The van der Waals surface area contributed by atoms with Crippen LogP contribution in [0.2, 0.25) is 10.0 Å². The minimum Gasteiger partial charge on any atom is -0.427 e. The second kappa shape index (κ2) is 6.57. The summed E-state index contributed by atoms with van der Waals surface area (Å²) in [6, 6.07) is 13.3. The van der Waals surface area contributed by atoms with Crippen LogP contribution in [0.1, 0.15) is 28.8 Å². The van der Waals surface area contributed by atoms with Crippen LogP contribution in [0.3, 0.4) is 0 Å². The van der Waals surface area contributed by atoms with Gasteiger partial charge in [0.2, 0.25) is 0 Å². The molecule has 2 aromatic carbocycles. The lowest BCUT2D eigenvalue weighted by Gasteiger charge is -2.08. The van der Waals surface area contributed by atoms with E-state index in [1.165, 1.54) is 0 Å². The highest BCUT2D eigenvalue weighted by atomic mass is 35.5. The molecular formula is C18H12Cl2O3. The van der Waals surface area contributed by atoms with Crippen LogP contribution < -0.4 is 0 Å².